The second-order valence-corrected chi connectivity index (χ2v) is 4.98. The van der Waals surface area contributed by atoms with E-state index in [1.807, 2.05) is 36.4 Å². The van der Waals surface area contributed by atoms with Crippen molar-refractivity contribution in [2.75, 3.05) is 0 Å². The van der Waals surface area contributed by atoms with Gasteiger partial charge < -0.3 is 0 Å². The van der Waals surface area contributed by atoms with E-state index in [1.165, 1.54) is 0 Å². The molecule has 2 aromatic rings. The maximum Gasteiger partial charge on any atom is 0.0906 e. The fraction of sp³-hybridized carbons (Fsp3) is 0.100. The Morgan fingerprint density at radius 2 is 1.20 bits per heavy atom. The topological polar surface area (TPSA) is 0 Å². The first-order chi connectivity index (χ1) is 9.88. The van der Waals surface area contributed by atoms with Gasteiger partial charge in [0.25, 0.3) is 0 Å². The summed E-state index contributed by atoms with van der Waals surface area (Å²) in [5, 5.41) is 0. The molecule has 0 heterocycles. The molecule has 3 rings (SSSR count). The molecule has 0 saturated heterocycles. The van der Waals surface area contributed by atoms with Crippen molar-refractivity contribution in [1.82, 2.24) is 0 Å². The van der Waals surface area contributed by atoms with E-state index >= 15 is 0 Å². The molecule has 0 radical (unpaired) electrons. The van der Waals surface area contributed by atoms with Gasteiger partial charge in [-0.05, 0) is 11.1 Å². The Labute approximate surface area is 120 Å². The molecule has 0 spiro atoms. The third-order valence-electron chi connectivity index (χ3n) is 3.93. The Hall–Kier alpha value is -2.52. The van der Waals surface area contributed by atoms with Gasteiger partial charge in [-0.3, -0.25) is 0 Å². The lowest BCUT2D eigenvalue weighted by molar-refractivity contribution is 0.570. The van der Waals surface area contributed by atoms with Crippen LogP contribution in [-0.2, 0) is 5.41 Å². The molecule has 96 valence electrons. The molecule has 0 amide bonds. The molecule has 20 heavy (non-hydrogen) atoms. The van der Waals surface area contributed by atoms with Gasteiger partial charge in [0.1, 0.15) is 0 Å². The predicted octanol–water partition coefficient (Wildman–Crippen LogP) is 4.35. The van der Waals surface area contributed by atoms with E-state index in [2.05, 4.69) is 54.5 Å². The molecular formula is C20H16. The van der Waals surface area contributed by atoms with Gasteiger partial charge in [-0.1, -0.05) is 90.9 Å². The minimum atomic E-state index is -0.438. The Morgan fingerprint density at radius 3 is 1.60 bits per heavy atom. The van der Waals surface area contributed by atoms with Crippen molar-refractivity contribution in [2.45, 2.75) is 5.41 Å². The number of benzene rings is 2. The minimum Gasteiger partial charge on any atom is -0.119 e. The molecule has 1 aliphatic rings. The third-order valence-corrected chi connectivity index (χ3v) is 3.93. The van der Waals surface area contributed by atoms with Crippen LogP contribution in [0.15, 0.2) is 85.0 Å². The van der Waals surface area contributed by atoms with Crippen LogP contribution in [0.25, 0.3) is 0 Å². The molecule has 0 saturated carbocycles. The first-order valence-corrected chi connectivity index (χ1v) is 6.82. The molecule has 0 aliphatic heterocycles. The van der Waals surface area contributed by atoms with Gasteiger partial charge in [0, 0.05) is 5.92 Å². The summed E-state index contributed by atoms with van der Waals surface area (Å²) in [5.74, 6) is 3.28. The van der Waals surface area contributed by atoms with Crippen LogP contribution >= 0.6 is 0 Å². The molecule has 0 nitrogen and oxygen atoms in total. The van der Waals surface area contributed by atoms with E-state index < -0.39 is 5.41 Å². The lowest BCUT2D eigenvalue weighted by Crippen LogP contribution is -2.32. The van der Waals surface area contributed by atoms with Crippen molar-refractivity contribution in [2.24, 2.45) is 5.92 Å². The molecule has 1 aliphatic carbocycles. The Bertz CT molecular complexity index is 617. The molecule has 0 bridgehead atoms. The van der Waals surface area contributed by atoms with E-state index in [0.29, 0.717) is 0 Å². The van der Waals surface area contributed by atoms with Gasteiger partial charge in [0.2, 0.25) is 0 Å². The summed E-state index contributed by atoms with van der Waals surface area (Å²) in [7, 11) is 0. The van der Waals surface area contributed by atoms with Crippen LogP contribution in [0.2, 0.25) is 0 Å². The van der Waals surface area contributed by atoms with Crippen LogP contribution in [-0.4, -0.2) is 0 Å². The summed E-state index contributed by atoms with van der Waals surface area (Å²) in [6.45, 7) is 0. The average molecular weight is 256 g/mol. The van der Waals surface area contributed by atoms with Gasteiger partial charge >= 0.3 is 0 Å². The van der Waals surface area contributed by atoms with Gasteiger partial charge in [0.05, 0.1) is 5.41 Å². The van der Waals surface area contributed by atoms with Gasteiger partial charge in [-0.15, -0.1) is 6.42 Å². The van der Waals surface area contributed by atoms with E-state index in [1.54, 1.807) is 0 Å². The molecule has 0 fully saturated rings. The zero-order chi connectivity index (χ0) is 13.8. The first kappa shape index (κ1) is 12.5. The molecular weight excluding hydrogens is 240 g/mol. The highest BCUT2D eigenvalue weighted by Gasteiger charge is 2.38. The minimum absolute atomic E-state index is 0.192. The van der Waals surface area contributed by atoms with Gasteiger partial charge in [0.15, 0.2) is 0 Å². The van der Waals surface area contributed by atoms with Crippen LogP contribution in [0.3, 0.4) is 0 Å². The Balaban J connectivity index is 2.25. The van der Waals surface area contributed by atoms with Crippen molar-refractivity contribution in [1.29, 1.82) is 0 Å². The van der Waals surface area contributed by atoms with Gasteiger partial charge in [-0.25, -0.2) is 0 Å². The lowest BCUT2D eigenvalue weighted by atomic mass is 9.67. The van der Waals surface area contributed by atoms with Crippen molar-refractivity contribution in [3.63, 3.8) is 0 Å². The molecule has 0 aromatic heterocycles. The summed E-state index contributed by atoms with van der Waals surface area (Å²) in [6.07, 6.45) is 14.5. The van der Waals surface area contributed by atoms with E-state index in [9.17, 15) is 0 Å². The van der Waals surface area contributed by atoms with Crippen molar-refractivity contribution < 1.29 is 0 Å². The number of terminal acetylenes is 1. The second kappa shape index (κ2) is 5.23. The summed E-state index contributed by atoms with van der Waals surface area (Å²) in [5.41, 5.74) is 1.89. The normalized spacial score (nSPS) is 14.3. The number of hydrogen-bond donors (Lipinski definition) is 0. The Kier molecular flexibility index (Phi) is 3.27. The second-order valence-electron chi connectivity index (χ2n) is 4.98. The van der Waals surface area contributed by atoms with E-state index in [-0.39, 0.29) is 5.92 Å². The largest absolute Gasteiger partial charge is 0.119 e. The zero-order valence-electron chi connectivity index (χ0n) is 11.2. The number of allylic oxidation sites excluding steroid dienone is 4. The Morgan fingerprint density at radius 1 is 0.750 bits per heavy atom. The van der Waals surface area contributed by atoms with Crippen LogP contribution in [0, 0.1) is 18.3 Å². The first-order valence-electron chi connectivity index (χ1n) is 6.82. The SMILES string of the molecule is C#CC(c1ccccc1)(c1ccccc1)C1C=CC=C1. The summed E-state index contributed by atoms with van der Waals surface area (Å²) >= 11 is 0. The molecule has 0 atom stereocenters. The maximum absolute atomic E-state index is 6.03. The number of hydrogen-bond acceptors (Lipinski definition) is 0. The highest BCUT2D eigenvalue weighted by molar-refractivity contribution is 5.52. The van der Waals surface area contributed by atoms with Crippen LogP contribution in [0.5, 0.6) is 0 Å². The molecule has 0 heteroatoms. The van der Waals surface area contributed by atoms with Crippen molar-refractivity contribution >= 4 is 0 Å². The summed E-state index contributed by atoms with van der Waals surface area (Å²) in [4.78, 5) is 0. The summed E-state index contributed by atoms with van der Waals surface area (Å²) < 4.78 is 0. The number of rotatable bonds is 3. The highest BCUT2D eigenvalue weighted by Crippen LogP contribution is 2.41. The average Bonchev–Trinajstić information content (AvgIpc) is 3.06. The fourth-order valence-corrected chi connectivity index (χ4v) is 2.94. The fourth-order valence-electron chi connectivity index (χ4n) is 2.94. The predicted molar refractivity (Wildman–Crippen MR) is 84.3 cm³/mol. The van der Waals surface area contributed by atoms with E-state index in [4.69, 9.17) is 6.42 Å². The maximum atomic E-state index is 6.03. The zero-order valence-corrected chi connectivity index (χ0v) is 11.2. The molecule has 0 N–H and O–H groups in total. The molecule has 0 unspecified atom stereocenters. The standard InChI is InChI=1S/C20H16/c1-2-20(19-15-9-10-16-19,17-11-5-3-6-12-17)18-13-7-4-8-14-18/h1,3-16,19H. The van der Waals surface area contributed by atoms with Crippen LogP contribution in [0.4, 0.5) is 0 Å². The third kappa shape index (κ3) is 1.89. The van der Waals surface area contributed by atoms with Crippen molar-refractivity contribution in [3.8, 4) is 12.3 Å². The summed E-state index contributed by atoms with van der Waals surface area (Å²) in [6, 6.07) is 20.7. The van der Waals surface area contributed by atoms with E-state index in [0.717, 1.165) is 11.1 Å². The molecule has 2 aromatic carbocycles. The van der Waals surface area contributed by atoms with Crippen molar-refractivity contribution in [3.05, 3.63) is 96.1 Å². The smallest absolute Gasteiger partial charge is 0.0906 e. The van der Waals surface area contributed by atoms with Crippen LogP contribution in [0.1, 0.15) is 11.1 Å². The van der Waals surface area contributed by atoms with Gasteiger partial charge in [-0.2, -0.15) is 0 Å². The van der Waals surface area contributed by atoms with Crippen LogP contribution < -0.4 is 0 Å². The quantitative estimate of drug-likeness (QED) is 0.716. The monoisotopic (exact) mass is 256 g/mol. The lowest BCUT2D eigenvalue weighted by Gasteiger charge is -2.34. The highest BCUT2D eigenvalue weighted by atomic mass is 14.4.